The normalized spacial score (nSPS) is 19.7. The van der Waals surface area contributed by atoms with Crippen LogP contribution in [0, 0.1) is 0 Å². The summed E-state index contributed by atoms with van der Waals surface area (Å²) in [6, 6.07) is 11.4. The number of amides is 1. The van der Waals surface area contributed by atoms with Gasteiger partial charge < -0.3 is 14.5 Å². The number of aryl methyl sites for hydroxylation is 1. The number of H-pyrrole nitrogens is 1. The average molecular weight is 394 g/mol. The third kappa shape index (κ3) is 4.08. The molecule has 8 nitrogen and oxygen atoms in total. The van der Waals surface area contributed by atoms with Crippen LogP contribution in [0.2, 0.25) is 0 Å². The minimum Gasteiger partial charge on any atom is -0.373 e. The highest BCUT2D eigenvalue weighted by Gasteiger charge is 2.38. The molecule has 2 aromatic heterocycles. The van der Waals surface area contributed by atoms with Crippen LogP contribution in [0.25, 0.3) is 11.3 Å². The van der Waals surface area contributed by atoms with Crippen molar-refractivity contribution in [3.05, 3.63) is 60.0 Å². The van der Waals surface area contributed by atoms with Gasteiger partial charge in [-0.3, -0.25) is 14.6 Å². The minimum absolute atomic E-state index is 0.0828. The van der Waals surface area contributed by atoms with E-state index in [4.69, 9.17) is 4.74 Å². The van der Waals surface area contributed by atoms with E-state index in [1.54, 1.807) is 4.68 Å². The molecule has 1 amide bonds. The maximum absolute atomic E-state index is 13.4. The molecular formula is C21H26N6O2. The standard InChI is InChI=1S/C21H26N6O2/c1-25(2)14-19-20(16-12-22-26(3)13-16)27(9-10-29-19)21(28)18-11-17(23-24-18)15-7-5-4-6-8-15/h4-8,11-13,19-20H,9-10,14H2,1-3H3,(H,23,24)/t19-,20-/m0/s1. The number of aromatic nitrogens is 4. The quantitative estimate of drug-likeness (QED) is 0.716. The predicted molar refractivity (Wildman–Crippen MR) is 109 cm³/mol. The Balaban J connectivity index is 1.64. The molecule has 1 N–H and O–H groups in total. The average Bonchev–Trinajstić information content (AvgIpc) is 3.37. The van der Waals surface area contributed by atoms with E-state index in [0.29, 0.717) is 25.4 Å². The zero-order valence-corrected chi connectivity index (χ0v) is 16.9. The summed E-state index contributed by atoms with van der Waals surface area (Å²) in [6.45, 7) is 1.73. The Morgan fingerprint density at radius 3 is 2.79 bits per heavy atom. The van der Waals surface area contributed by atoms with Crippen molar-refractivity contribution in [3.8, 4) is 11.3 Å². The highest BCUT2D eigenvalue weighted by atomic mass is 16.5. The molecule has 29 heavy (non-hydrogen) atoms. The van der Waals surface area contributed by atoms with E-state index < -0.39 is 0 Å². The molecule has 4 rings (SSSR count). The lowest BCUT2D eigenvalue weighted by atomic mass is 10.00. The van der Waals surface area contributed by atoms with Gasteiger partial charge in [0.05, 0.1) is 30.6 Å². The predicted octanol–water partition coefficient (Wildman–Crippen LogP) is 1.95. The van der Waals surface area contributed by atoms with Gasteiger partial charge in [-0.1, -0.05) is 30.3 Å². The fourth-order valence-corrected chi connectivity index (χ4v) is 3.80. The molecule has 0 saturated carbocycles. The summed E-state index contributed by atoms with van der Waals surface area (Å²) < 4.78 is 7.81. The van der Waals surface area contributed by atoms with E-state index >= 15 is 0 Å². The Hall–Kier alpha value is -2.97. The Labute approximate surface area is 170 Å². The number of hydrogen-bond acceptors (Lipinski definition) is 5. The lowest BCUT2D eigenvalue weighted by Crippen LogP contribution is -2.51. The van der Waals surface area contributed by atoms with Gasteiger partial charge in [-0.25, -0.2) is 0 Å². The van der Waals surface area contributed by atoms with E-state index in [0.717, 1.165) is 16.8 Å². The molecule has 8 heteroatoms. The summed E-state index contributed by atoms with van der Waals surface area (Å²) in [4.78, 5) is 17.4. The Morgan fingerprint density at radius 1 is 1.31 bits per heavy atom. The van der Waals surface area contributed by atoms with Gasteiger partial charge in [-0.15, -0.1) is 0 Å². The second-order valence-electron chi connectivity index (χ2n) is 7.60. The van der Waals surface area contributed by atoms with Crippen LogP contribution >= 0.6 is 0 Å². The molecule has 1 aromatic carbocycles. The topological polar surface area (TPSA) is 79.3 Å². The van der Waals surface area contributed by atoms with Crippen LogP contribution in [0.1, 0.15) is 22.1 Å². The SMILES string of the molecule is CN(C)C[C@@H]1OCCN(C(=O)c2cc(-c3ccccc3)n[nH]2)[C@H]1c1cnn(C)c1. The number of carbonyl (C=O) groups excluding carboxylic acids is 1. The van der Waals surface area contributed by atoms with Crippen LogP contribution in [-0.4, -0.2) is 75.6 Å². The monoisotopic (exact) mass is 394 g/mol. The van der Waals surface area contributed by atoms with Gasteiger partial charge in [0.2, 0.25) is 0 Å². The zero-order chi connectivity index (χ0) is 20.4. The molecule has 1 aliphatic rings. The second-order valence-corrected chi connectivity index (χ2v) is 7.60. The number of carbonyl (C=O) groups is 1. The molecule has 3 heterocycles. The number of morpholine rings is 1. The van der Waals surface area contributed by atoms with Gasteiger partial charge in [0.15, 0.2) is 0 Å². The molecule has 152 valence electrons. The lowest BCUT2D eigenvalue weighted by molar-refractivity contribution is -0.0686. The molecule has 1 fully saturated rings. The molecule has 0 spiro atoms. The smallest absolute Gasteiger partial charge is 0.272 e. The van der Waals surface area contributed by atoms with Crippen molar-refractivity contribution < 1.29 is 9.53 Å². The number of nitrogens with one attached hydrogen (secondary N) is 1. The van der Waals surface area contributed by atoms with Crippen molar-refractivity contribution in [3.63, 3.8) is 0 Å². The van der Waals surface area contributed by atoms with Crippen molar-refractivity contribution in [2.45, 2.75) is 12.1 Å². The van der Waals surface area contributed by atoms with Crippen LogP contribution < -0.4 is 0 Å². The number of nitrogens with zero attached hydrogens (tertiary/aromatic N) is 5. The van der Waals surface area contributed by atoms with Crippen molar-refractivity contribution in [2.24, 2.45) is 7.05 Å². The first kappa shape index (κ1) is 19.4. The molecule has 0 aliphatic carbocycles. The molecule has 0 bridgehead atoms. The number of benzene rings is 1. The van der Waals surface area contributed by atoms with Crippen LogP contribution in [0.4, 0.5) is 0 Å². The molecule has 0 radical (unpaired) electrons. The Morgan fingerprint density at radius 2 is 2.10 bits per heavy atom. The van der Waals surface area contributed by atoms with Crippen molar-refractivity contribution >= 4 is 5.91 Å². The van der Waals surface area contributed by atoms with Gasteiger partial charge in [0.1, 0.15) is 5.69 Å². The molecule has 0 unspecified atom stereocenters. The van der Waals surface area contributed by atoms with Gasteiger partial charge in [0, 0.05) is 37.5 Å². The highest BCUT2D eigenvalue weighted by molar-refractivity contribution is 5.93. The maximum atomic E-state index is 13.4. The van der Waals surface area contributed by atoms with E-state index in [2.05, 4.69) is 20.2 Å². The summed E-state index contributed by atoms with van der Waals surface area (Å²) in [5.74, 6) is -0.0828. The number of ether oxygens (including phenoxy) is 1. The minimum atomic E-state index is -0.212. The van der Waals surface area contributed by atoms with E-state index in [1.807, 2.05) is 74.8 Å². The number of aromatic amines is 1. The second kappa shape index (κ2) is 8.18. The zero-order valence-electron chi connectivity index (χ0n) is 16.9. The molecular weight excluding hydrogens is 368 g/mol. The molecule has 1 aliphatic heterocycles. The first-order chi connectivity index (χ1) is 14.0. The van der Waals surface area contributed by atoms with Gasteiger partial charge >= 0.3 is 0 Å². The first-order valence-electron chi connectivity index (χ1n) is 9.69. The highest BCUT2D eigenvalue weighted by Crippen LogP contribution is 2.31. The number of hydrogen-bond donors (Lipinski definition) is 1. The summed E-state index contributed by atoms with van der Waals surface area (Å²) in [7, 11) is 5.89. The summed E-state index contributed by atoms with van der Waals surface area (Å²) in [5, 5.41) is 11.6. The van der Waals surface area contributed by atoms with Crippen molar-refractivity contribution in [1.29, 1.82) is 0 Å². The van der Waals surface area contributed by atoms with E-state index in [9.17, 15) is 4.79 Å². The Bertz CT molecular complexity index is 964. The third-order valence-corrected chi connectivity index (χ3v) is 5.10. The third-order valence-electron chi connectivity index (χ3n) is 5.10. The van der Waals surface area contributed by atoms with Gasteiger partial charge in [-0.2, -0.15) is 10.2 Å². The van der Waals surface area contributed by atoms with Crippen LogP contribution in [0.15, 0.2) is 48.8 Å². The van der Waals surface area contributed by atoms with Gasteiger partial charge in [0.25, 0.3) is 5.91 Å². The van der Waals surface area contributed by atoms with Crippen molar-refractivity contribution in [2.75, 3.05) is 33.8 Å². The summed E-state index contributed by atoms with van der Waals surface area (Å²) in [6.07, 6.45) is 3.62. The molecule has 3 aromatic rings. The fourth-order valence-electron chi connectivity index (χ4n) is 3.80. The fraction of sp³-hybridized carbons (Fsp3) is 0.381. The van der Waals surface area contributed by atoms with Crippen LogP contribution in [0.5, 0.6) is 0 Å². The number of likely N-dealkylation sites (N-methyl/N-ethyl adjacent to an activating group) is 1. The largest absolute Gasteiger partial charge is 0.373 e. The number of rotatable bonds is 5. The van der Waals surface area contributed by atoms with Crippen LogP contribution in [0.3, 0.4) is 0 Å². The maximum Gasteiger partial charge on any atom is 0.272 e. The van der Waals surface area contributed by atoms with Crippen molar-refractivity contribution in [1.82, 2.24) is 29.8 Å². The first-order valence-corrected chi connectivity index (χ1v) is 9.69. The Kier molecular flexibility index (Phi) is 5.46. The van der Waals surface area contributed by atoms with E-state index in [1.165, 1.54) is 0 Å². The molecule has 2 atom stereocenters. The van der Waals surface area contributed by atoms with E-state index in [-0.39, 0.29) is 18.1 Å². The summed E-state index contributed by atoms with van der Waals surface area (Å²) in [5.41, 5.74) is 3.17. The van der Waals surface area contributed by atoms with Gasteiger partial charge in [-0.05, 0) is 20.2 Å². The lowest BCUT2D eigenvalue weighted by Gasteiger charge is -2.41. The summed E-state index contributed by atoms with van der Waals surface area (Å²) >= 11 is 0. The van der Waals surface area contributed by atoms with Crippen LogP contribution in [-0.2, 0) is 11.8 Å². The molecule has 1 saturated heterocycles.